The molecule has 2 aromatic heterocycles. The van der Waals surface area contributed by atoms with Gasteiger partial charge in [0, 0.05) is 6.54 Å². The van der Waals surface area contributed by atoms with Crippen LogP contribution in [0, 0.1) is 5.82 Å². The van der Waals surface area contributed by atoms with E-state index >= 15 is 0 Å². The average molecular weight is 292 g/mol. The number of aryl methyl sites for hydroxylation is 1. The molecule has 0 bridgehead atoms. The third kappa shape index (κ3) is 3.39. The molecule has 0 saturated heterocycles. The van der Waals surface area contributed by atoms with Crippen LogP contribution in [-0.4, -0.2) is 28.4 Å². The largest absolute Gasteiger partial charge is 0.493 e. The van der Waals surface area contributed by atoms with Crippen molar-refractivity contribution in [2.75, 3.05) is 13.7 Å². The molecule has 1 unspecified atom stereocenters. The zero-order valence-corrected chi connectivity index (χ0v) is 12.6. The Hall–Kier alpha value is -1.95. The molecular formula is C15H21FN4O. The fourth-order valence-electron chi connectivity index (χ4n) is 2.32. The van der Waals surface area contributed by atoms with Crippen molar-refractivity contribution >= 4 is 0 Å². The topological polar surface area (TPSA) is 52.0 Å². The number of aromatic nitrogens is 3. The average Bonchev–Trinajstić information content (AvgIpc) is 2.89. The van der Waals surface area contributed by atoms with Gasteiger partial charge >= 0.3 is 0 Å². The Balaban J connectivity index is 2.46. The van der Waals surface area contributed by atoms with Crippen LogP contribution in [0.15, 0.2) is 24.5 Å². The summed E-state index contributed by atoms with van der Waals surface area (Å²) in [5.41, 5.74) is 1.66. The molecule has 0 aliphatic heterocycles. The van der Waals surface area contributed by atoms with Gasteiger partial charge in [-0.15, -0.1) is 0 Å². The van der Waals surface area contributed by atoms with E-state index in [4.69, 9.17) is 4.74 Å². The van der Waals surface area contributed by atoms with Gasteiger partial charge in [-0.2, -0.15) is 5.10 Å². The number of nitrogens with one attached hydrogen (secondary N) is 1. The lowest BCUT2D eigenvalue weighted by Gasteiger charge is -2.20. The zero-order chi connectivity index (χ0) is 15.2. The van der Waals surface area contributed by atoms with Gasteiger partial charge in [0.25, 0.3) is 0 Å². The van der Waals surface area contributed by atoms with Crippen LogP contribution in [0.25, 0.3) is 0 Å². The van der Waals surface area contributed by atoms with Crippen LogP contribution < -0.4 is 10.1 Å². The Kier molecular flexibility index (Phi) is 5.27. The molecule has 2 aromatic rings. The van der Waals surface area contributed by atoms with E-state index < -0.39 is 0 Å². The second-order valence-corrected chi connectivity index (χ2v) is 4.71. The predicted molar refractivity (Wildman–Crippen MR) is 78.8 cm³/mol. The monoisotopic (exact) mass is 292 g/mol. The quantitative estimate of drug-likeness (QED) is 0.852. The van der Waals surface area contributed by atoms with Crippen molar-refractivity contribution < 1.29 is 9.13 Å². The summed E-state index contributed by atoms with van der Waals surface area (Å²) in [6.45, 7) is 5.66. The number of rotatable bonds is 7. The molecule has 0 saturated carbocycles. The Bertz CT molecular complexity index is 568. The molecule has 0 spiro atoms. The smallest absolute Gasteiger partial charge is 0.161 e. The third-order valence-electron chi connectivity index (χ3n) is 3.23. The highest BCUT2D eigenvalue weighted by atomic mass is 19.1. The van der Waals surface area contributed by atoms with Gasteiger partial charge in [-0.25, -0.2) is 4.39 Å². The minimum Gasteiger partial charge on any atom is -0.493 e. The fraction of sp³-hybridized carbons (Fsp3) is 0.467. The van der Waals surface area contributed by atoms with Crippen molar-refractivity contribution in [2.45, 2.75) is 32.9 Å². The van der Waals surface area contributed by atoms with Crippen LogP contribution >= 0.6 is 0 Å². The van der Waals surface area contributed by atoms with E-state index in [1.165, 1.54) is 12.3 Å². The molecule has 0 amide bonds. The summed E-state index contributed by atoms with van der Waals surface area (Å²) in [6.07, 6.45) is 3.90. The minimum atomic E-state index is -0.344. The molecule has 0 aliphatic rings. The van der Waals surface area contributed by atoms with Gasteiger partial charge in [-0.3, -0.25) is 9.67 Å². The third-order valence-corrected chi connectivity index (χ3v) is 3.23. The minimum absolute atomic E-state index is 0.181. The van der Waals surface area contributed by atoms with Gasteiger partial charge in [0.15, 0.2) is 5.75 Å². The van der Waals surface area contributed by atoms with Gasteiger partial charge in [-0.1, -0.05) is 13.8 Å². The number of pyridine rings is 1. The van der Waals surface area contributed by atoms with Crippen LogP contribution in [0.1, 0.15) is 37.7 Å². The summed E-state index contributed by atoms with van der Waals surface area (Å²) in [4.78, 5) is 4.20. The molecule has 21 heavy (non-hydrogen) atoms. The fourth-order valence-corrected chi connectivity index (χ4v) is 2.32. The van der Waals surface area contributed by atoms with Crippen LogP contribution in [0.5, 0.6) is 5.75 Å². The Morgan fingerprint density at radius 2 is 2.14 bits per heavy atom. The second-order valence-electron chi connectivity index (χ2n) is 4.71. The second kappa shape index (κ2) is 7.17. The number of hydrogen-bond acceptors (Lipinski definition) is 4. The van der Waals surface area contributed by atoms with Gasteiger partial charge in [-0.05, 0) is 25.1 Å². The first kappa shape index (κ1) is 15.4. The number of hydrogen-bond donors (Lipinski definition) is 1. The van der Waals surface area contributed by atoms with Crippen molar-refractivity contribution in [3.8, 4) is 5.75 Å². The lowest BCUT2D eigenvalue weighted by atomic mass is 10.1. The van der Waals surface area contributed by atoms with Crippen molar-refractivity contribution in [2.24, 2.45) is 0 Å². The van der Waals surface area contributed by atoms with Crippen LogP contribution in [0.2, 0.25) is 0 Å². The number of methoxy groups -OCH3 is 1. The van der Waals surface area contributed by atoms with Crippen molar-refractivity contribution in [3.63, 3.8) is 0 Å². The van der Waals surface area contributed by atoms with Crippen LogP contribution in [0.3, 0.4) is 0 Å². The first-order valence-electron chi connectivity index (χ1n) is 7.15. The molecule has 2 rings (SSSR count). The lowest BCUT2D eigenvalue weighted by molar-refractivity contribution is 0.397. The molecule has 0 aromatic carbocycles. The molecule has 114 valence electrons. The summed E-state index contributed by atoms with van der Waals surface area (Å²) < 4.78 is 20.4. The van der Waals surface area contributed by atoms with E-state index in [9.17, 15) is 4.39 Å². The Morgan fingerprint density at radius 1 is 1.33 bits per heavy atom. The molecule has 1 N–H and O–H groups in total. The molecular weight excluding hydrogens is 271 g/mol. The van der Waals surface area contributed by atoms with Gasteiger partial charge in [0.05, 0.1) is 31.2 Å². The van der Waals surface area contributed by atoms with Crippen LogP contribution in [0.4, 0.5) is 4.39 Å². The van der Waals surface area contributed by atoms with E-state index in [0.717, 1.165) is 30.9 Å². The molecule has 0 fully saturated rings. The summed E-state index contributed by atoms with van der Waals surface area (Å²) in [5.74, 6) is 0.364. The first-order chi connectivity index (χ1) is 10.2. The van der Waals surface area contributed by atoms with E-state index in [0.29, 0.717) is 5.75 Å². The highest BCUT2D eigenvalue weighted by Crippen LogP contribution is 2.29. The van der Waals surface area contributed by atoms with Gasteiger partial charge in [0.2, 0.25) is 0 Å². The maximum Gasteiger partial charge on any atom is 0.161 e. The number of nitrogens with zero attached hydrogens (tertiary/aromatic N) is 3. The predicted octanol–water partition coefficient (Wildman–Crippen LogP) is 2.53. The van der Waals surface area contributed by atoms with Gasteiger partial charge in [0.1, 0.15) is 11.5 Å². The normalized spacial score (nSPS) is 12.4. The molecule has 5 nitrogen and oxygen atoms in total. The molecule has 6 heteroatoms. The molecule has 2 heterocycles. The summed E-state index contributed by atoms with van der Waals surface area (Å²) >= 11 is 0. The SMILES string of the molecule is CCCn1ncc(OC)c1C(NCC)c1ccc(F)cn1. The Morgan fingerprint density at radius 3 is 2.71 bits per heavy atom. The molecule has 1 atom stereocenters. The van der Waals surface area contributed by atoms with E-state index in [1.54, 1.807) is 19.4 Å². The Labute approximate surface area is 124 Å². The van der Waals surface area contributed by atoms with Crippen molar-refractivity contribution in [1.82, 2.24) is 20.1 Å². The standard InChI is InChI=1S/C15H21FN4O/c1-4-8-20-15(13(21-3)10-19-20)14(17-5-2)12-7-6-11(16)9-18-12/h6-7,9-10,14,17H,4-5,8H2,1-3H3. The van der Waals surface area contributed by atoms with Gasteiger partial charge < -0.3 is 10.1 Å². The van der Waals surface area contributed by atoms with E-state index in [2.05, 4.69) is 22.3 Å². The lowest BCUT2D eigenvalue weighted by Crippen LogP contribution is -2.26. The first-order valence-corrected chi connectivity index (χ1v) is 7.15. The van der Waals surface area contributed by atoms with Crippen molar-refractivity contribution in [1.29, 1.82) is 0 Å². The van der Waals surface area contributed by atoms with E-state index in [-0.39, 0.29) is 11.9 Å². The van der Waals surface area contributed by atoms with Crippen molar-refractivity contribution in [3.05, 3.63) is 41.7 Å². The van der Waals surface area contributed by atoms with E-state index in [1.807, 2.05) is 11.6 Å². The maximum atomic E-state index is 13.1. The zero-order valence-electron chi connectivity index (χ0n) is 12.6. The van der Waals surface area contributed by atoms with Crippen LogP contribution in [-0.2, 0) is 6.54 Å². The molecule has 0 radical (unpaired) electrons. The summed E-state index contributed by atoms with van der Waals surface area (Å²) in [7, 11) is 1.62. The highest BCUT2D eigenvalue weighted by molar-refractivity contribution is 5.34. The maximum absolute atomic E-state index is 13.1. The summed E-state index contributed by atoms with van der Waals surface area (Å²) in [6, 6.07) is 2.92. The number of ether oxygens (including phenoxy) is 1. The number of halogens is 1. The molecule has 0 aliphatic carbocycles. The highest BCUT2D eigenvalue weighted by Gasteiger charge is 2.23. The summed E-state index contributed by atoms with van der Waals surface area (Å²) in [5, 5.41) is 7.74.